The first-order chi connectivity index (χ1) is 19.7. The minimum atomic E-state index is -4.61. The van der Waals surface area contributed by atoms with Crippen LogP contribution in [-0.4, -0.2) is 40.8 Å². The number of phenolic OH excluding ortho intramolecular Hbond substituents is 1. The van der Waals surface area contributed by atoms with Crippen LogP contribution >= 0.6 is 0 Å². The molecule has 0 radical (unpaired) electrons. The number of hydrogen-bond donors (Lipinski definition) is 4. The molecule has 0 aliphatic rings. The largest absolute Gasteiger partial charge is 0.505 e. The normalized spacial score (nSPS) is 12.6. The Kier molecular flexibility index (Phi) is 10.4. The Morgan fingerprint density at radius 3 is 2.37 bits per heavy atom. The van der Waals surface area contributed by atoms with Crippen LogP contribution in [0, 0.1) is 0 Å². The molecular formula is C26H25N3O10S2. The minimum absolute atomic E-state index is 0.152. The van der Waals surface area contributed by atoms with Gasteiger partial charge in [-0.2, -0.15) is 13.5 Å². The van der Waals surface area contributed by atoms with Crippen LogP contribution < -0.4 is 5.48 Å². The molecule has 13 nitrogen and oxygen atoms in total. The number of fused-ring (bicyclic) bond motifs is 1. The van der Waals surface area contributed by atoms with Crippen molar-refractivity contribution in [2.45, 2.75) is 18.1 Å². The van der Waals surface area contributed by atoms with Gasteiger partial charge in [0.2, 0.25) is 0 Å². The average Bonchev–Trinajstić information content (AvgIpc) is 2.96. The van der Waals surface area contributed by atoms with E-state index in [4.69, 9.17) is 18.8 Å². The van der Waals surface area contributed by atoms with Crippen LogP contribution in [-0.2, 0) is 52.8 Å². The van der Waals surface area contributed by atoms with E-state index < -0.39 is 28.1 Å². The van der Waals surface area contributed by atoms with Gasteiger partial charge in [-0.05, 0) is 59.5 Å². The predicted octanol–water partition coefficient (Wildman–Crippen LogP) is 5.35. The van der Waals surface area contributed by atoms with E-state index in [9.17, 15) is 17.7 Å². The van der Waals surface area contributed by atoms with Gasteiger partial charge in [-0.15, -0.1) is 5.11 Å². The van der Waals surface area contributed by atoms with Crippen LogP contribution in [0.2, 0.25) is 0 Å². The Hall–Kier alpha value is -3.80. The summed E-state index contributed by atoms with van der Waals surface area (Å²) >= 11 is -1.92. The number of hydrogen-bond acceptors (Lipinski definition) is 12. The molecular weight excluding hydrogens is 578 g/mol. The van der Waals surface area contributed by atoms with Gasteiger partial charge in [0, 0.05) is 10.9 Å². The van der Waals surface area contributed by atoms with Crippen molar-refractivity contribution in [2.75, 3.05) is 18.7 Å². The first-order valence-corrected chi connectivity index (χ1v) is 14.3. The number of benzene rings is 4. The standard InChI is InChI=1S/C26H25N3O10S2/c30-26-20(17-37-31)15-19-14-18(16-36-29-22-4-2-1-3-5-22)6-11-24(19)25(26)28-27-21-7-9-23(10-8-21)40(32)38-12-13-39-41(33,34)35/h1-11,14-15,29-31H,12-13,16-17H2,(H,33,34,35). The predicted molar refractivity (Wildman–Crippen MR) is 148 cm³/mol. The van der Waals surface area contributed by atoms with Crippen molar-refractivity contribution in [1.29, 1.82) is 0 Å². The van der Waals surface area contributed by atoms with Crippen molar-refractivity contribution >= 4 is 49.3 Å². The molecule has 0 heterocycles. The van der Waals surface area contributed by atoms with Crippen molar-refractivity contribution in [3.63, 3.8) is 0 Å². The lowest BCUT2D eigenvalue weighted by Crippen LogP contribution is -2.11. The number of aromatic hydroxyl groups is 1. The Labute approximate surface area is 237 Å². The van der Waals surface area contributed by atoms with Gasteiger partial charge in [0.25, 0.3) is 0 Å². The number of para-hydroxylation sites is 1. The van der Waals surface area contributed by atoms with Gasteiger partial charge < -0.3 is 5.11 Å². The molecule has 15 heteroatoms. The number of rotatable bonds is 14. The monoisotopic (exact) mass is 603 g/mol. The second-order valence-corrected chi connectivity index (χ2v) is 10.6. The van der Waals surface area contributed by atoms with Crippen LogP contribution in [0.5, 0.6) is 5.75 Å². The highest BCUT2D eigenvalue weighted by atomic mass is 32.3. The topological polar surface area (TPSA) is 186 Å². The lowest BCUT2D eigenvalue weighted by Gasteiger charge is -2.12. The summed E-state index contributed by atoms with van der Waals surface area (Å²) in [6.45, 7) is -0.880. The fourth-order valence-electron chi connectivity index (χ4n) is 3.61. The van der Waals surface area contributed by atoms with Crippen molar-refractivity contribution in [1.82, 2.24) is 0 Å². The maximum absolute atomic E-state index is 12.2. The zero-order valence-corrected chi connectivity index (χ0v) is 22.9. The fraction of sp³-hybridized carbons (Fsp3) is 0.154. The van der Waals surface area contributed by atoms with Crippen LogP contribution in [0.1, 0.15) is 11.1 Å². The highest BCUT2D eigenvalue weighted by molar-refractivity contribution is 7.81. The van der Waals surface area contributed by atoms with E-state index >= 15 is 0 Å². The van der Waals surface area contributed by atoms with Crippen LogP contribution in [0.25, 0.3) is 10.8 Å². The van der Waals surface area contributed by atoms with E-state index in [1.807, 2.05) is 42.5 Å². The third kappa shape index (κ3) is 8.84. The van der Waals surface area contributed by atoms with Gasteiger partial charge in [0.1, 0.15) is 18.0 Å². The Morgan fingerprint density at radius 2 is 1.66 bits per heavy atom. The SMILES string of the molecule is O=S(OCCOS(=O)(=O)O)c1ccc(N=Nc2c(O)c(COO)cc3cc(CONc4ccccc4)ccc23)cc1. The van der Waals surface area contributed by atoms with Gasteiger partial charge in [-0.25, -0.2) is 13.3 Å². The molecule has 216 valence electrons. The molecule has 0 saturated carbocycles. The van der Waals surface area contributed by atoms with Crippen molar-refractivity contribution < 1.29 is 45.6 Å². The van der Waals surface area contributed by atoms with Gasteiger partial charge in [-0.1, -0.05) is 30.3 Å². The summed E-state index contributed by atoms with van der Waals surface area (Å²) in [6.07, 6.45) is 0. The third-order valence-electron chi connectivity index (χ3n) is 5.45. The summed E-state index contributed by atoms with van der Waals surface area (Å²) in [5.74, 6) is -0.219. The quantitative estimate of drug-likeness (QED) is 0.0478. The zero-order chi connectivity index (χ0) is 29.2. The first kappa shape index (κ1) is 30.2. The van der Waals surface area contributed by atoms with Crippen molar-refractivity contribution in [3.8, 4) is 5.75 Å². The number of azo groups is 1. The summed E-state index contributed by atoms with van der Waals surface area (Å²) in [7, 11) is -4.61. The molecule has 1 atom stereocenters. The smallest absolute Gasteiger partial charge is 0.397 e. The number of anilines is 1. The molecule has 0 spiro atoms. The van der Waals surface area contributed by atoms with Crippen LogP contribution in [0.4, 0.5) is 17.1 Å². The van der Waals surface area contributed by atoms with Crippen LogP contribution in [0.15, 0.2) is 94.0 Å². The molecule has 0 fully saturated rings. The Balaban J connectivity index is 1.48. The van der Waals surface area contributed by atoms with E-state index in [2.05, 4.69) is 24.8 Å². The maximum atomic E-state index is 12.2. The number of nitrogens with zero attached hydrogens (tertiary/aromatic N) is 2. The number of phenols is 1. The molecule has 4 aromatic carbocycles. The lowest BCUT2D eigenvalue weighted by molar-refractivity contribution is -0.253. The van der Waals surface area contributed by atoms with Gasteiger partial charge in [0.05, 0.1) is 36.1 Å². The molecule has 0 aromatic heterocycles. The first-order valence-electron chi connectivity index (χ1n) is 11.9. The molecule has 4 rings (SSSR count). The molecule has 1 unspecified atom stereocenters. The Bertz CT molecular complexity index is 1630. The molecule has 41 heavy (non-hydrogen) atoms. The van der Waals surface area contributed by atoms with E-state index in [1.54, 1.807) is 12.1 Å². The number of nitrogens with one attached hydrogen (secondary N) is 1. The summed E-state index contributed by atoms with van der Waals surface area (Å²) in [4.78, 5) is 10.1. The Morgan fingerprint density at radius 1 is 0.902 bits per heavy atom. The summed E-state index contributed by atoms with van der Waals surface area (Å²) in [5.41, 5.74) is 5.32. The van der Waals surface area contributed by atoms with Gasteiger partial charge in [-0.3, -0.25) is 24.3 Å². The maximum Gasteiger partial charge on any atom is 0.397 e. The molecule has 4 aromatic rings. The molecule has 4 N–H and O–H groups in total. The van der Waals surface area contributed by atoms with Crippen LogP contribution in [0.3, 0.4) is 0 Å². The summed E-state index contributed by atoms with van der Waals surface area (Å²) in [6, 6.07) is 22.5. The molecule has 0 aliphatic heterocycles. The fourth-order valence-corrected chi connectivity index (χ4v) is 4.60. The highest BCUT2D eigenvalue weighted by Crippen LogP contribution is 2.40. The molecule has 0 bridgehead atoms. The van der Waals surface area contributed by atoms with E-state index in [0.29, 0.717) is 16.5 Å². The van der Waals surface area contributed by atoms with Gasteiger partial charge >= 0.3 is 10.4 Å². The van der Waals surface area contributed by atoms with E-state index in [1.165, 1.54) is 24.3 Å². The second-order valence-electron chi connectivity index (χ2n) is 8.32. The summed E-state index contributed by atoms with van der Waals surface area (Å²) < 4.78 is 50.9. The minimum Gasteiger partial charge on any atom is -0.505 e. The third-order valence-corrected chi connectivity index (χ3v) is 6.95. The van der Waals surface area contributed by atoms with Crippen molar-refractivity contribution in [3.05, 3.63) is 90.0 Å². The molecule has 0 aliphatic carbocycles. The second kappa shape index (κ2) is 14.2. The van der Waals surface area contributed by atoms with Gasteiger partial charge in [0.15, 0.2) is 11.1 Å². The molecule has 0 amide bonds. The summed E-state index contributed by atoms with van der Waals surface area (Å²) in [5, 5.41) is 29.5. The van der Waals surface area contributed by atoms with E-state index in [-0.39, 0.29) is 41.7 Å². The zero-order valence-electron chi connectivity index (χ0n) is 21.2. The average molecular weight is 604 g/mol. The van der Waals surface area contributed by atoms with Crippen molar-refractivity contribution in [2.24, 2.45) is 10.2 Å². The molecule has 0 saturated heterocycles. The lowest BCUT2D eigenvalue weighted by atomic mass is 10.0. The highest BCUT2D eigenvalue weighted by Gasteiger charge is 2.14. The van der Waals surface area contributed by atoms with E-state index in [0.717, 1.165) is 11.3 Å².